The normalized spacial score (nSPS) is 16.4. The van der Waals surface area contributed by atoms with Crippen LogP contribution in [0, 0.1) is 5.92 Å². The predicted octanol–water partition coefficient (Wildman–Crippen LogP) is 3.94. The lowest BCUT2D eigenvalue weighted by Gasteiger charge is -2.31. The van der Waals surface area contributed by atoms with E-state index in [4.69, 9.17) is 4.74 Å². The molecule has 0 saturated carbocycles. The largest absolute Gasteiger partial charge is 0.497 e. The van der Waals surface area contributed by atoms with Crippen molar-refractivity contribution in [2.45, 2.75) is 45.1 Å². The summed E-state index contributed by atoms with van der Waals surface area (Å²) in [7, 11) is -1.66. The van der Waals surface area contributed by atoms with Gasteiger partial charge in [-0.25, -0.2) is 12.7 Å². The van der Waals surface area contributed by atoms with Crippen LogP contribution in [0.2, 0.25) is 0 Å². The summed E-state index contributed by atoms with van der Waals surface area (Å²) < 4.78 is 32.2. The highest BCUT2D eigenvalue weighted by atomic mass is 32.2. The van der Waals surface area contributed by atoms with E-state index in [1.807, 2.05) is 61.5 Å². The number of rotatable bonds is 10. The second kappa shape index (κ2) is 11.5. The van der Waals surface area contributed by atoms with Gasteiger partial charge >= 0.3 is 0 Å². The average molecular weight is 459 g/mol. The molecule has 0 spiro atoms. The van der Waals surface area contributed by atoms with Crippen molar-refractivity contribution in [3.05, 3.63) is 65.7 Å². The van der Waals surface area contributed by atoms with E-state index in [0.29, 0.717) is 32.4 Å². The van der Waals surface area contributed by atoms with Gasteiger partial charge in [0.05, 0.1) is 18.9 Å². The molecule has 1 amide bonds. The second-order valence-electron chi connectivity index (χ2n) is 8.32. The Morgan fingerprint density at radius 2 is 1.75 bits per heavy atom. The van der Waals surface area contributed by atoms with Crippen LogP contribution in [-0.4, -0.2) is 44.6 Å². The molecule has 7 heteroatoms. The van der Waals surface area contributed by atoms with Gasteiger partial charge in [0.15, 0.2) is 0 Å². The number of hydrogen-bond acceptors (Lipinski definition) is 4. The van der Waals surface area contributed by atoms with E-state index >= 15 is 0 Å². The van der Waals surface area contributed by atoms with Gasteiger partial charge in [0.1, 0.15) is 5.75 Å². The highest BCUT2D eigenvalue weighted by Gasteiger charge is 2.31. The summed E-state index contributed by atoms with van der Waals surface area (Å²) >= 11 is 0. The number of carbonyl (C=O) groups excluding carboxylic acids is 1. The predicted molar refractivity (Wildman–Crippen MR) is 127 cm³/mol. The number of ether oxygens (including phenoxy) is 1. The number of carbonyl (C=O) groups is 1. The minimum absolute atomic E-state index is 0.00814. The van der Waals surface area contributed by atoms with Gasteiger partial charge in [-0.05, 0) is 55.4 Å². The number of benzene rings is 2. The summed E-state index contributed by atoms with van der Waals surface area (Å²) in [5, 5.41) is 3.15. The SMILES string of the molecule is CCC(NC(=O)C1CCN(S(=O)(=O)CCCc2ccccc2)CC1)c1ccc(OC)cc1. The van der Waals surface area contributed by atoms with Crippen LogP contribution in [0.5, 0.6) is 5.75 Å². The number of amides is 1. The zero-order valence-corrected chi connectivity index (χ0v) is 19.8. The van der Waals surface area contributed by atoms with Crippen molar-refractivity contribution in [3.8, 4) is 5.75 Å². The number of aryl methyl sites for hydroxylation is 1. The molecule has 1 N–H and O–H groups in total. The van der Waals surface area contributed by atoms with Crippen LogP contribution in [0.15, 0.2) is 54.6 Å². The molecule has 1 aliphatic heterocycles. The molecule has 0 aliphatic carbocycles. The third-order valence-corrected chi connectivity index (χ3v) is 8.13. The molecule has 0 radical (unpaired) electrons. The molecule has 1 fully saturated rings. The van der Waals surface area contributed by atoms with Crippen molar-refractivity contribution >= 4 is 15.9 Å². The first kappa shape index (κ1) is 24.3. The fourth-order valence-electron chi connectivity index (χ4n) is 4.18. The van der Waals surface area contributed by atoms with Gasteiger partial charge in [0.25, 0.3) is 0 Å². The van der Waals surface area contributed by atoms with E-state index in [-0.39, 0.29) is 23.6 Å². The van der Waals surface area contributed by atoms with E-state index in [2.05, 4.69) is 5.32 Å². The van der Waals surface area contributed by atoms with Crippen molar-refractivity contribution < 1.29 is 17.9 Å². The standard InChI is InChI=1S/C25H34N2O4S/c1-3-24(21-11-13-23(31-2)14-12-21)26-25(28)22-15-17-27(18-16-22)32(29,30)19-7-10-20-8-5-4-6-9-20/h4-6,8-9,11-14,22,24H,3,7,10,15-19H2,1-2H3,(H,26,28). The lowest BCUT2D eigenvalue weighted by Crippen LogP contribution is -2.44. The molecule has 2 aromatic rings. The highest BCUT2D eigenvalue weighted by molar-refractivity contribution is 7.89. The maximum atomic E-state index is 12.8. The molecule has 1 saturated heterocycles. The molecule has 3 rings (SSSR count). The fraction of sp³-hybridized carbons (Fsp3) is 0.480. The zero-order valence-electron chi connectivity index (χ0n) is 19.0. The van der Waals surface area contributed by atoms with Gasteiger partial charge in [-0.15, -0.1) is 0 Å². The van der Waals surface area contributed by atoms with Crippen molar-refractivity contribution in [1.82, 2.24) is 9.62 Å². The maximum Gasteiger partial charge on any atom is 0.223 e. The topological polar surface area (TPSA) is 75.7 Å². The van der Waals surface area contributed by atoms with Crippen LogP contribution in [0.1, 0.15) is 49.8 Å². The Balaban J connectivity index is 1.47. The van der Waals surface area contributed by atoms with E-state index in [0.717, 1.165) is 29.7 Å². The van der Waals surface area contributed by atoms with Crippen LogP contribution < -0.4 is 10.1 Å². The molecular weight excluding hydrogens is 424 g/mol. The summed E-state index contributed by atoms with van der Waals surface area (Å²) in [5.74, 6) is 0.785. The zero-order chi connectivity index (χ0) is 23.0. The van der Waals surface area contributed by atoms with Gasteiger partial charge in [-0.1, -0.05) is 49.4 Å². The number of methoxy groups -OCH3 is 1. The molecule has 1 heterocycles. The number of nitrogens with one attached hydrogen (secondary N) is 1. The second-order valence-corrected chi connectivity index (χ2v) is 10.4. The van der Waals surface area contributed by atoms with Crippen LogP contribution >= 0.6 is 0 Å². The first-order chi connectivity index (χ1) is 15.4. The van der Waals surface area contributed by atoms with Gasteiger partial charge in [0.2, 0.25) is 15.9 Å². The first-order valence-electron chi connectivity index (χ1n) is 11.4. The monoisotopic (exact) mass is 458 g/mol. The van der Waals surface area contributed by atoms with E-state index in [1.165, 1.54) is 0 Å². The summed E-state index contributed by atoms with van der Waals surface area (Å²) in [4.78, 5) is 12.8. The summed E-state index contributed by atoms with van der Waals surface area (Å²) in [6, 6.07) is 17.6. The lowest BCUT2D eigenvalue weighted by molar-refractivity contribution is -0.126. The molecule has 0 bridgehead atoms. The maximum absolute atomic E-state index is 12.8. The smallest absolute Gasteiger partial charge is 0.223 e. The van der Waals surface area contributed by atoms with Crippen LogP contribution in [0.25, 0.3) is 0 Å². The van der Waals surface area contributed by atoms with E-state index in [1.54, 1.807) is 11.4 Å². The quantitative estimate of drug-likeness (QED) is 0.585. The molecule has 1 unspecified atom stereocenters. The number of piperidine rings is 1. The Labute approximate surface area is 192 Å². The van der Waals surface area contributed by atoms with E-state index < -0.39 is 10.0 Å². The van der Waals surface area contributed by atoms with Gasteiger partial charge < -0.3 is 10.1 Å². The minimum atomic E-state index is -3.29. The van der Waals surface area contributed by atoms with Crippen LogP contribution in [0.4, 0.5) is 0 Å². The third-order valence-electron chi connectivity index (χ3n) is 6.17. The number of sulfonamides is 1. The Kier molecular flexibility index (Phi) is 8.70. The third kappa shape index (κ3) is 6.56. The molecule has 2 aromatic carbocycles. The van der Waals surface area contributed by atoms with Gasteiger partial charge in [-0.3, -0.25) is 4.79 Å². The molecule has 0 aromatic heterocycles. The van der Waals surface area contributed by atoms with Crippen LogP contribution in [0.3, 0.4) is 0 Å². The molecular formula is C25H34N2O4S. The lowest BCUT2D eigenvalue weighted by atomic mass is 9.95. The Morgan fingerprint density at radius 3 is 2.34 bits per heavy atom. The Morgan fingerprint density at radius 1 is 1.09 bits per heavy atom. The van der Waals surface area contributed by atoms with Crippen molar-refractivity contribution in [1.29, 1.82) is 0 Å². The number of nitrogens with zero attached hydrogens (tertiary/aromatic N) is 1. The molecule has 174 valence electrons. The average Bonchev–Trinajstić information content (AvgIpc) is 2.83. The first-order valence-corrected chi connectivity index (χ1v) is 13.0. The molecule has 6 nitrogen and oxygen atoms in total. The molecule has 1 atom stereocenters. The highest BCUT2D eigenvalue weighted by Crippen LogP contribution is 2.24. The van der Waals surface area contributed by atoms with Gasteiger partial charge in [-0.2, -0.15) is 0 Å². The van der Waals surface area contributed by atoms with Crippen molar-refractivity contribution in [2.24, 2.45) is 5.92 Å². The summed E-state index contributed by atoms with van der Waals surface area (Å²) in [6.45, 7) is 2.86. The number of hydrogen-bond donors (Lipinski definition) is 1. The van der Waals surface area contributed by atoms with Gasteiger partial charge in [0, 0.05) is 19.0 Å². The van der Waals surface area contributed by atoms with E-state index in [9.17, 15) is 13.2 Å². The van der Waals surface area contributed by atoms with Crippen LogP contribution in [-0.2, 0) is 21.2 Å². The minimum Gasteiger partial charge on any atom is -0.497 e. The van der Waals surface area contributed by atoms with Crippen molar-refractivity contribution in [3.63, 3.8) is 0 Å². The summed E-state index contributed by atoms with van der Waals surface area (Å²) in [6.07, 6.45) is 3.26. The fourth-order valence-corrected chi connectivity index (χ4v) is 5.71. The summed E-state index contributed by atoms with van der Waals surface area (Å²) in [5.41, 5.74) is 2.19. The molecule has 32 heavy (non-hydrogen) atoms. The Hall–Kier alpha value is -2.38. The Bertz CT molecular complexity index is 953. The van der Waals surface area contributed by atoms with Crippen molar-refractivity contribution in [2.75, 3.05) is 26.0 Å². The molecule has 1 aliphatic rings.